The summed E-state index contributed by atoms with van der Waals surface area (Å²) in [4.78, 5) is 14.9. The van der Waals surface area contributed by atoms with Crippen LogP contribution in [0.5, 0.6) is 0 Å². The minimum atomic E-state index is -3.79. The van der Waals surface area contributed by atoms with Crippen molar-refractivity contribution in [3.8, 4) is 0 Å². The minimum Gasteiger partial charge on any atom is -0.296 e. The minimum absolute atomic E-state index is 0.0729. The number of benzene rings is 1. The molecule has 2 N–H and O–H groups in total. The van der Waals surface area contributed by atoms with Gasteiger partial charge in [-0.2, -0.15) is 0 Å². The van der Waals surface area contributed by atoms with E-state index < -0.39 is 10.0 Å². The number of nitrogens with zero attached hydrogens (tertiary/aromatic N) is 2. The van der Waals surface area contributed by atoms with Crippen LogP contribution >= 0.6 is 11.6 Å². The molecule has 2 rings (SSSR count). The third-order valence-corrected chi connectivity index (χ3v) is 3.84. The highest BCUT2D eigenvalue weighted by Gasteiger charge is 2.27. The van der Waals surface area contributed by atoms with E-state index in [0.717, 1.165) is 0 Å². The normalized spacial score (nSPS) is 17.5. The van der Waals surface area contributed by atoms with Gasteiger partial charge in [0.2, 0.25) is 15.9 Å². The van der Waals surface area contributed by atoms with Gasteiger partial charge in [-0.25, -0.2) is 13.6 Å². The van der Waals surface area contributed by atoms with Crippen molar-refractivity contribution in [2.24, 2.45) is 5.14 Å². The molecule has 0 saturated carbocycles. The number of rotatable bonds is 2. The van der Waals surface area contributed by atoms with Crippen molar-refractivity contribution in [2.75, 3.05) is 25.2 Å². The summed E-state index contributed by atoms with van der Waals surface area (Å²) in [6.45, 7) is 0.737. The maximum absolute atomic E-state index is 11.7. The molecule has 1 heterocycles. The summed E-state index contributed by atoms with van der Waals surface area (Å²) in [7, 11) is -1.98. The molecule has 0 radical (unpaired) electrons. The number of carbonyl (C=O) groups is 1. The van der Waals surface area contributed by atoms with Crippen LogP contribution in [0.4, 0.5) is 5.69 Å². The Kier molecular flexibility index (Phi) is 3.33. The summed E-state index contributed by atoms with van der Waals surface area (Å²) in [6, 6.07) is 4.07. The van der Waals surface area contributed by atoms with Gasteiger partial charge in [0.15, 0.2) is 0 Å². The van der Waals surface area contributed by atoms with Crippen LogP contribution in [-0.4, -0.2) is 39.5 Å². The van der Waals surface area contributed by atoms with E-state index >= 15 is 0 Å². The molecule has 1 aromatic carbocycles. The number of hydrogen-bond donors (Lipinski definition) is 1. The van der Waals surface area contributed by atoms with Crippen LogP contribution in [-0.2, 0) is 14.8 Å². The summed E-state index contributed by atoms with van der Waals surface area (Å²) in [6.07, 6.45) is 0. The maximum Gasteiger partial charge on any atom is 0.242 e. The zero-order valence-corrected chi connectivity index (χ0v) is 11.2. The smallest absolute Gasteiger partial charge is 0.242 e. The van der Waals surface area contributed by atoms with E-state index in [1.165, 1.54) is 23.1 Å². The van der Waals surface area contributed by atoms with Crippen molar-refractivity contribution in [3.05, 3.63) is 23.2 Å². The number of carbonyl (C=O) groups excluding carboxylic acids is 1. The molecule has 0 aromatic heterocycles. The lowest BCUT2D eigenvalue weighted by molar-refractivity contribution is -0.116. The Balaban J connectivity index is 2.40. The molecule has 98 valence electrons. The number of amides is 1. The fraction of sp³-hybridized carbons (Fsp3) is 0.300. The topological polar surface area (TPSA) is 83.7 Å². The Hall–Kier alpha value is -1.15. The quantitative estimate of drug-likeness (QED) is 0.844. The number of anilines is 1. The van der Waals surface area contributed by atoms with Crippen LogP contribution in [0.1, 0.15) is 0 Å². The Bertz CT molecular complexity index is 602. The average Bonchev–Trinajstić information content (AvgIpc) is 2.56. The first-order valence-electron chi connectivity index (χ1n) is 5.10. The number of halogens is 1. The molecule has 0 atom stereocenters. The van der Waals surface area contributed by atoms with Crippen molar-refractivity contribution in [1.82, 2.24) is 4.90 Å². The first kappa shape index (κ1) is 13.3. The first-order chi connectivity index (χ1) is 8.29. The standard InChI is InChI=1S/C10H12ClN3O3S/c1-13-5-10(15)14(6-13)9-3-2-7(4-8(9)11)18(12,16)17/h2-4H,5-6H2,1H3,(H2,12,16,17). The van der Waals surface area contributed by atoms with E-state index in [-0.39, 0.29) is 15.8 Å². The van der Waals surface area contributed by atoms with Crippen LogP contribution in [0.3, 0.4) is 0 Å². The third kappa shape index (κ3) is 2.49. The largest absolute Gasteiger partial charge is 0.296 e. The Labute approximate surface area is 110 Å². The van der Waals surface area contributed by atoms with Crippen LogP contribution in [0, 0.1) is 0 Å². The summed E-state index contributed by atoms with van der Waals surface area (Å²) in [5.74, 6) is -0.0808. The average molecular weight is 290 g/mol. The molecule has 6 nitrogen and oxygen atoms in total. The number of primary sulfonamides is 1. The lowest BCUT2D eigenvalue weighted by atomic mass is 10.3. The number of sulfonamides is 1. The van der Waals surface area contributed by atoms with Gasteiger partial charge < -0.3 is 0 Å². The summed E-state index contributed by atoms with van der Waals surface area (Å²) >= 11 is 6.00. The van der Waals surface area contributed by atoms with E-state index in [1.807, 2.05) is 11.9 Å². The molecule has 8 heteroatoms. The first-order valence-corrected chi connectivity index (χ1v) is 7.03. The second kappa shape index (κ2) is 4.51. The van der Waals surface area contributed by atoms with Gasteiger partial charge in [-0.15, -0.1) is 0 Å². The molecule has 1 aromatic rings. The molecule has 0 spiro atoms. The van der Waals surface area contributed by atoms with Crippen LogP contribution in [0.2, 0.25) is 5.02 Å². The molecule has 0 unspecified atom stereocenters. The molecule has 0 bridgehead atoms. The Morgan fingerprint density at radius 2 is 2.06 bits per heavy atom. The summed E-state index contributed by atoms with van der Waals surface area (Å²) in [5, 5.41) is 5.19. The van der Waals surface area contributed by atoms with Gasteiger partial charge in [-0.3, -0.25) is 14.6 Å². The monoisotopic (exact) mass is 289 g/mol. The van der Waals surface area contributed by atoms with E-state index in [4.69, 9.17) is 16.7 Å². The van der Waals surface area contributed by atoms with Crippen molar-refractivity contribution in [3.63, 3.8) is 0 Å². The second-order valence-corrected chi connectivity index (χ2v) is 6.10. The number of likely N-dealkylation sites (N-methyl/N-ethyl adjacent to an activating group) is 1. The third-order valence-electron chi connectivity index (χ3n) is 2.63. The highest BCUT2D eigenvalue weighted by Crippen LogP contribution is 2.29. The van der Waals surface area contributed by atoms with Gasteiger partial charge in [0.25, 0.3) is 0 Å². The maximum atomic E-state index is 11.7. The van der Waals surface area contributed by atoms with Crippen molar-refractivity contribution in [1.29, 1.82) is 0 Å². The van der Waals surface area contributed by atoms with E-state index in [1.54, 1.807) is 0 Å². The van der Waals surface area contributed by atoms with Crippen LogP contribution < -0.4 is 10.0 Å². The zero-order valence-electron chi connectivity index (χ0n) is 9.63. The molecule has 1 saturated heterocycles. The zero-order chi connectivity index (χ0) is 13.5. The highest BCUT2D eigenvalue weighted by molar-refractivity contribution is 7.89. The van der Waals surface area contributed by atoms with Crippen LogP contribution in [0.25, 0.3) is 0 Å². The molecule has 1 amide bonds. The van der Waals surface area contributed by atoms with Gasteiger partial charge in [-0.1, -0.05) is 11.6 Å². The van der Waals surface area contributed by atoms with E-state index in [9.17, 15) is 13.2 Å². The lowest BCUT2D eigenvalue weighted by Crippen LogP contribution is -2.26. The fourth-order valence-corrected chi connectivity index (χ4v) is 2.67. The van der Waals surface area contributed by atoms with Crippen LogP contribution in [0.15, 0.2) is 23.1 Å². The van der Waals surface area contributed by atoms with Crippen molar-refractivity contribution < 1.29 is 13.2 Å². The fourth-order valence-electron chi connectivity index (χ4n) is 1.78. The predicted octanol–water partition coefficient (Wildman–Crippen LogP) is 0.223. The van der Waals surface area contributed by atoms with Gasteiger partial charge in [-0.05, 0) is 25.2 Å². The molecule has 1 aliphatic rings. The van der Waals surface area contributed by atoms with E-state index in [0.29, 0.717) is 18.9 Å². The molecular weight excluding hydrogens is 278 g/mol. The van der Waals surface area contributed by atoms with Crippen molar-refractivity contribution in [2.45, 2.75) is 4.90 Å². The molecule has 18 heavy (non-hydrogen) atoms. The summed E-state index contributed by atoms with van der Waals surface area (Å²) in [5.41, 5.74) is 0.485. The van der Waals surface area contributed by atoms with Gasteiger partial charge in [0.05, 0.1) is 28.8 Å². The molecule has 1 fully saturated rings. The Morgan fingerprint density at radius 1 is 1.39 bits per heavy atom. The second-order valence-electron chi connectivity index (χ2n) is 4.14. The molecule has 0 aliphatic carbocycles. The lowest BCUT2D eigenvalue weighted by Gasteiger charge is -2.17. The van der Waals surface area contributed by atoms with Crippen molar-refractivity contribution >= 4 is 33.2 Å². The summed E-state index contributed by atoms with van der Waals surface area (Å²) < 4.78 is 22.3. The number of nitrogens with two attached hydrogens (primary N) is 1. The molecule has 1 aliphatic heterocycles. The van der Waals surface area contributed by atoms with Gasteiger partial charge >= 0.3 is 0 Å². The van der Waals surface area contributed by atoms with Gasteiger partial charge in [0.1, 0.15) is 0 Å². The highest BCUT2D eigenvalue weighted by atomic mass is 35.5. The number of hydrogen-bond acceptors (Lipinski definition) is 4. The predicted molar refractivity (Wildman–Crippen MR) is 67.8 cm³/mol. The molecular formula is C10H12ClN3O3S. The van der Waals surface area contributed by atoms with E-state index in [2.05, 4.69) is 0 Å². The van der Waals surface area contributed by atoms with Gasteiger partial charge in [0, 0.05) is 0 Å². The SMILES string of the molecule is CN1CC(=O)N(c2ccc(S(N)(=O)=O)cc2Cl)C1. The Morgan fingerprint density at radius 3 is 2.50 bits per heavy atom.